The van der Waals surface area contributed by atoms with Crippen LogP contribution >= 0.6 is 22.7 Å². The third-order valence-corrected chi connectivity index (χ3v) is 5.16. The van der Waals surface area contributed by atoms with E-state index < -0.39 is 0 Å². The Balaban J connectivity index is 1.59. The van der Waals surface area contributed by atoms with E-state index >= 15 is 0 Å². The molecular weight excluding hydrogens is 318 g/mol. The Morgan fingerprint density at radius 2 is 2.41 bits per heavy atom. The lowest BCUT2D eigenvalue weighted by Crippen LogP contribution is -2.49. The summed E-state index contributed by atoms with van der Waals surface area (Å²) in [6.45, 7) is 5.71. The van der Waals surface area contributed by atoms with E-state index in [1.54, 1.807) is 22.7 Å². The number of aryl methyl sites for hydroxylation is 1. The lowest BCUT2D eigenvalue weighted by atomic mass is 10.1. The molecule has 2 atom stereocenters. The number of carbonyl (C=O) groups excluding carboxylic acids is 1. The monoisotopic (exact) mass is 337 g/mol. The highest BCUT2D eigenvalue weighted by Gasteiger charge is 2.29. The van der Waals surface area contributed by atoms with Crippen molar-refractivity contribution in [3.05, 3.63) is 38.5 Å². The number of morpholine rings is 1. The molecule has 0 aliphatic carbocycles. The van der Waals surface area contributed by atoms with Gasteiger partial charge >= 0.3 is 6.03 Å². The summed E-state index contributed by atoms with van der Waals surface area (Å²) in [5, 5.41) is 8.11. The second-order valence-corrected chi connectivity index (χ2v) is 7.50. The van der Waals surface area contributed by atoms with Crippen LogP contribution in [0.25, 0.3) is 0 Å². The first-order chi connectivity index (χ1) is 10.6. The van der Waals surface area contributed by atoms with Gasteiger partial charge in [-0.2, -0.15) is 11.3 Å². The van der Waals surface area contributed by atoms with Crippen LogP contribution in [0.5, 0.6) is 0 Å². The van der Waals surface area contributed by atoms with E-state index in [0.29, 0.717) is 19.6 Å². The lowest BCUT2D eigenvalue weighted by molar-refractivity contribution is -0.0655. The van der Waals surface area contributed by atoms with Crippen molar-refractivity contribution in [3.63, 3.8) is 0 Å². The van der Waals surface area contributed by atoms with Gasteiger partial charge in [-0.1, -0.05) is 0 Å². The number of amides is 2. The maximum Gasteiger partial charge on any atom is 0.317 e. The Morgan fingerprint density at radius 3 is 3.09 bits per heavy atom. The number of hydrogen-bond donors (Lipinski definition) is 1. The molecule has 0 saturated carbocycles. The van der Waals surface area contributed by atoms with Crippen LogP contribution in [0.4, 0.5) is 4.79 Å². The maximum atomic E-state index is 12.4. The van der Waals surface area contributed by atoms with Crippen molar-refractivity contribution < 1.29 is 9.53 Å². The van der Waals surface area contributed by atoms with Crippen LogP contribution in [0.1, 0.15) is 28.5 Å². The highest BCUT2D eigenvalue weighted by atomic mass is 32.1. The molecule has 7 heteroatoms. The predicted octanol–water partition coefficient (Wildman–Crippen LogP) is 3.18. The molecule has 1 fully saturated rings. The molecule has 2 aromatic rings. The molecule has 1 saturated heterocycles. The normalized spacial score (nSPS) is 21.8. The largest absolute Gasteiger partial charge is 0.367 e. The van der Waals surface area contributed by atoms with E-state index in [-0.39, 0.29) is 18.2 Å². The van der Waals surface area contributed by atoms with Crippen molar-refractivity contribution in [1.82, 2.24) is 15.2 Å². The van der Waals surface area contributed by atoms with E-state index in [4.69, 9.17) is 4.74 Å². The van der Waals surface area contributed by atoms with Gasteiger partial charge in [0.25, 0.3) is 0 Å². The van der Waals surface area contributed by atoms with Crippen LogP contribution in [-0.2, 0) is 11.3 Å². The molecular formula is C15H19N3O2S2. The summed E-state index contributed by atoms with van der Waals surface area (Å²) in [5.41, 5.74) is 1.15. The number of carbonyl (C=O) groups is 1. The summed E-state index contributed by atoms with van der Waals surface area (Å²) in [5.74, 6) is 0. The zero-order valence-corrected chi connectivity index (χ0v) is 14.2. The number of nitrogens with one attached hydrogen (secondary N) is 1. The van der Waals surface area contributed by atoms with E-state index in [2.05, 4.69) is 21.7 Å². The van der Waals surface area contributed by atoms with Gasteiger partial charge in [-0.05, 0) is 36.2 Å². The van der Waals surface area contributed by atoms with Gasteiger partial charge in [-0.3, -0.25) is 0 Å². The summed E-state index contributed by atoms with van der Waals surface area (Å²) in [6, 6.07) is 2.02. The number of hydrogen-bond acceptors (Lipinski definition) is 5. The van der Waals surface area contributed by atoms with E-state index in [1.807, 2.05) is 30.3 Å². The van der Waals surface area contributed by atoms with Crippen LogP contribution < -0.4 is 5.32 Å². The lowest BCUT2D eigenvalue weighted by Gasteiger charge is -2.36. The third kappa shape index (κ3) is 3.66. The standard InChI is InChI=1S/C15H19N3O2S2/c1-10-7-18(8-14(20-10)12-3-4-21-9-12)15(19)17-6-13-5-16-11(2)22-13/h3-5,9-10,14H,6-8H2,1-2H3,(H,17,19). The van der Waals surface area contributed by atoms with Gasteiger partial charge in [0.15, 0.2) is 0 Å². The summed E-state index contributed by atoms with van der Waals surface area (Å²) in [6.07, 6.45) is 1.82. The maximum absolute atomic E-state index is 12.4. The minimum Gasteiger partial charge on any atom is -0.367 e. The first-order valence-electron chi connectivity index (χ1n) is 7.23. The van der Waals surface area contributed by atoms with Gasteiger partial charge in [0, 0.05) is 17.6 Å². The molecule has 0 spiro atoms. The number of ether oxygens (including phenoxy) is 1. The Morgan fingerprint density at radius 1 is 1.55 bits per heavy atom. The van der Waals surface area contributed by atoms with Gasteiger partial charge < -0.3 is 15.0 Å². The summed E-state index contributed by atoms with van der Waals surface area (Å²) >= 11 is 3.26. The van der Waals surface area contributed by atoms with Crippen molar-refractivity contribution in [1.29, 1.82) is 0 Å². The number of thiazole rings is 1. The van der Waals surface area contributed by atoms with E-state index in [0.717, 1.165) is 15.4 Å². The average molecular weight is 337 g/mol. The molecule has 3 heterocycles. The predicted molar refractivity (Wildman–Crippen MR) is 88.3 cm³/mol. The van der Waals surface area contributed by atoms with E-state index in [9.17, 15) is 4.79 Å². The Labute approximate surface area is 137 Å². The Bertz CT molecular complexity index is 627. The highest BCUT2D eigenvalue weighted by Crippen LogP contribution is 2.26. The second-order valence-electron chi connectivity index (χ2n) is 5.40. The Kier molecular flexibility index (Phi) is 4.75. The quantitative estimate of drug-likeness (QED) is 0.936. The molecule has 2 aromatic heterocycles. The zero-order chi connectivity index (χ0) is 15.5. The minimum absolute atomic E-state index is 0.0357. The molecule has 2 amide bonds. The SMILES string of the molecule is Cc1ncc(CNC(=O)N2CC(C)OC(c3ccsc3)C2)s1. The molecule has 1 aliphatic rings. The average Bonchev–Trinajstić information content (AvgIpc) is 3.15. The molecule has 2 unspecified atom stereocenters. The third-order valence-electron chi connectivity index (χ3n) is 3.55. The molecule has 3 rings (SSSR count). The van der Waals surface area contributed by atoms with E-state index in [1.165, 1.54) is 0 Å². The number of aromatic nitrogens is 1. The van der Waals surface area contributed by atoms with Crippen molar-refractivity contribution in [2.45, 2.75) is 32.6 Å². The van der Waals surface area contributed by atoms with Gasteiger partial charge in [0.05, 0.1) is 24.2 Å². The van der Waals surface area contributed by atoms with Crippen LogP contribution in [-0.4, -0.2) is 35.1 Å². The summed E-state index contributed by atoms with van der Waals surface area (Å²) in [4.78, 5) is 19.5. The number of nitrogens with zero attached hydrogens (tertiary/aromatic N) is 2. The number of thiophene rings is 1. The molecule has 118 valence electrons. The van der Waals surface area contributed by atoms with Crippen LogP contribution in [0.2, 0.25) is 0 Å². The van der Waals surface area contributed by atoms with Crippen molar-refractivity contribution in [2.75, 3.05) is 13.1 Å². The highest BCUT2D eigenvalue weighted by molar-refractivity contribution is 7.11. The minimum atomic E-state index is -0.0403. The Hall–Kier alpha value is -1.44. The first kappa shape index (κ1) is 15.5. The fraction of sp³-hybridized carbons (Fsp3) is 0.467. The summed E-state index contributed by atoms with van der Waals surface area (Å²) < 4.78 is 5.95. The van der Waals surface area contributed by atoms with Gasteiger partial charge in [0.1, 0.15) is 6.10 Å². The molecule has 22 heavy (non-hydrogen) atoms. The van der Waals surface area contributed by atoms with Gasteiger partial charge in [-0.25, -0.2) is 9.78 Å². The van der Waals surface area contributed by atoms with Crippen LogP contribution in [0.3, 0.4) is 0 Å². The molecule has 0 bridgehead atoms. The second kappa shape index (κ2) is 6.76. The molecule has 0 radical (unpaired) electrons. The summed E-state index contributed by atoms with van der Waals surface area (Å²) in [7, 11) is 0. The zero-order valence-electron chi connectivity index (χ0n) is 12.6. The fourth-order valence-corrected chi connectivity index (χ4v) is 3.96. The van der Waals surface area contributed by atoms with Crippen molar-refractivity contribution in [3.8, 4) is 0 Å². The smallest absolute Gasteiger partial charge is 0.317 e. The van der Waals surface area contributed by atoms with Crippen LogP contribution in [0.15, 0.2) is 23.0 Å². The van der Waals surface area contributed by atoms with Gasteiger partial charge in [-0.15, -0.1) is 11.3 Å². The van der Waals surface area contributed by atoms with Crippen LogP contribution in [0, 0.1) is 6.92 Å². The topological polar surface area (TPSA) is 54.5 Å². The first-order valence-corrected chi connectivity index (χ1v) is 8.99. The van der Waals surface area contributed by atoms with Crippen molar-refractivity contribution >= 4 is 28.7 Å². The fourth-order valence-electron chi connectivity index (χ4n) is 2.52. The molecule has 5 nitrogen and oxygen atoms in total. The number of rotatable bonds is 3. The van der Waals surface area contributed by atoms with Gasteiger partial charge in [0.2, 0.25) is 0 Å². The van der Waals surface area contributed by atoms with Crippen molar-refractivity contribution in [2.24, 2.45) is 0 Å². The molecule has 0 aromatic carbocycles. The number of urea groups is 1. The molecule has 1 aliphatic heterocycles. The molecule has 1 N–H and O–H groups in total.